The smallest absolute Gasteiger partial charge is 0.305 e. The zero-order chi connectivity index (χ0) is 23.5. The summed E-state index contributed by atoms with van der Waals surface area (Å²) in [6, 6.07) is 0. The molecule has 12 nitrogen and oxygen atoms in total. The number of nitrogens with zero attached hydrogens (tertiary/aromatic N) is 3. The second kappa shape index (κ2) is 9.24. The predicted octanol–water partition coefficient (Wildman–Crippen LogP) is -1.97. The molecular formula is C20H21N3O9. The standard InChI is InChI=1S/C20H21N3O9/c24-13-1-2-14(25)21(13)9-20(12-32-8-7-19(30)31,10-22-15(26)3-4-16(22)27)11-23-17(28)5-6-18(23)29/h1-6,13,24H,7-12H2,(H,30,31). The third-order valence-electron chi connectivity index (χ3n) is 5.18. The first-order valence-electron chi connectivity index (χ1n) is 9.65. The topological polar surface area (TPSA) is 162 Å². The zero-order valence-electron chi connectivity index (χ0n) is 16.9. The van der Waals surface area contributed by atoms with Crippen molar-refractivity contribution in [3.63, 3.8) is 0 Å². The van der Waals surface area contributed by atoms with Crippen LogP contribution in [-0.4, -0.2) is 99.5 Å². The van der Waals surface area contributed by atoms with Gasteiger partial charge in [-0.15, -0.1) is 0 Å². The van der Waals surface area contributed by atoms with Crippen LogP contribution in [0.4, 0.5) is 0 Å². The fourth-order valence-electron chi connectivity index (χ4n) is 3.61. The Morgan fingerprint density at radius 1 is 0.844 bits per heavy atom. The normalized spacial score (nSPS) is 20.6. The van der Waals surface area contributed by atoms with Crippen LogP contribution in [0.25, 0.3) is 0 Å². The highest BCUT2D eigenvalue weighted by molar-refractivity contribution is 6.13. The lowest BCUT2D eigenvalue weighted by molar-refractivity contribution is -0.145. The predicted molar refractivity (Wildman–Crippen MR) is 104 cm³/mol. The molecule has 0 saturated heterocycles. The summed E-state index contributed by atoms with van der Waals surface area (Å²) in [5, 5.41) is 19.0. The van der Waals surface area contributed by atoms with E-state index < -0.39 is 47.1 Å². The van der Waals surface area contributed by atoms with E-state index >= 15 is 0 Å². The molecule has 3 aliphatic rings. The molecule has 0 fully saturated rings. The molecule has 3 heterocycles. The zero-order valence-corrected chi connectivity index (χ0v) is 16.9. The molecule has 12 heteroatoms. The molecule has 1 unspecified atom stereocenters. The van der Waals surface area contributed by atoms with Crippen molar-refractivity contribution < 1.29 is 43.7 Å². The maximum Gasteiger partial charge on any atom is 0.305 e. The van der Waals surface area contributed by atoms with Crippen LogP contribution in [0.5, 0.6) is 0 Å². The number of rotatable bonds is 11. The first-order valence-corrected chi connectivity index (χ1v) is 9.65. The van der Waals surface area contributed by atoms with Crippen molar-refractivity contribution in [3.05, 3.63) is 36.5 Å². The molecule has 0 spiro atoms. The quantitative estimate of drug-likeness (QED) is 0.270. The number of aliphatic hydroxyl groups excluding tert-OH is 1. The fraction of sp³-hybridized carbons (Fsp3) is 0.400. The largest absolute Gasteiger partial charge is 0.481 e. The summed E-state index contributed by atoms with van der Waals surface area (Å²) in [4.78, 5) is 74.7. The maximum atomic E-state index is 12.3. The Balaban J connectivity index is 1.92. The number of carboxylic acid groups (broad SMARTS) is 1. The summed E-state index contributed by atoms with van der Waals surface area (Å²) in [5.41, 5.74) is -1.41. The molecule has 1 atom stereocenters. The Kier molecular flexibility index (Phi) is 6.65. The van der Waals surface area contributed by atoms with E-state index in [2.05, 4.69) is 0 Å². The minimum Gasteiger partial charge on any atom is -0.481 e. The Morgan fingerprint density at radius 3 is 1.75 bits per heavy atom. The average Bonchev–Trinajstić information content (AvgIpc) is 3.34. The number of carbonyl (C=O) groups is 6. The van der Waals surface area contributed by atoms with Gasteiger partial charge in [0.2, 0.25) is 5.91 Å². The molecule has 0 aliphatic carbocycles. The SMILES string of the molecule is O=C(O)CCOCC(CN1C(=O)C=CC1=O)(CN1C(=O)C=CC1=O)CN1C(=O)C=CC1O. The van der Waals surface area contributed by atoms with Gasteiger partial charge in [-0.25, -0.2) is 0 Å². The molecule has 2 N–H and O–H groups in total. The Morgan fingerprint density at radius 2 is 1.34 bits per heavy atom. The van der Waals surface area contributed by atoms with Gasteiger partial charge in [0.25, 0.3) is 23.6 Å². The average molecular weight is 447 g/mol. The number of amides is 5. The van der Waals surface area contributed by atoms with E-state index in [1.807, 2.05) is 0 Å². The number of aliphatic carboxylic acids is 1. The molecular weight excluding hydrogens is 426 g/mol. The van der Waals surface area contributed by atoms with Crippen molar-refractivity contribution >= 4 is 35.5 Å². The third kappa shape index (κ3) is 4.98. The molecule has 32 heavy (non-hydrogen) atoms. The summed E-state index contributed by atoms with van der Waals surface area (Å²) < 4.78 is 5.49. The van der Waals surface area contributed by atoms with E-state index in [0.29, 0.717) is 0 Å². The molecule has 5 amide bonds. The number of hydrogen-bond donors (Lipinski definition) is 2. The number of imide groups is 2. The minimum atomic E-state index is -1.41. The van der Waals surface area contributed by atoms with E-state index in [1.54, 1.807) is 0 Å². The van der Waals surface area contributed by atoms with Gasteiger partial charge in [-0.2, -0.15) is 0 Å². The van der Waals surface area contributed by atoms with Gasteiger partial charge in [-0.3, -0.25) is 38.6 Å². The summed E-state index contributed by atoms with van der Waals surface area (Å²) in [5.74, 6) is -4.20. The number of carboxylic acids is 1. The second-order valence-corrected chi connectivity index (χ2v) is 7.63. The van der Waals surface area contributed by atoms with Crippen molar-refractivity contribution in [2.45, 2.75) is 12.6 Å². The van der Waals surface area contributed by atoms with Gasteiger partial charge in [0, 0.05) is 55.4 Å². The van der Waals surface area contributed by atoms with Crippen molar-refractivity contribution in [3.8, 4) is 0 Å². The van der Waals surface area contributed by atoms with Gasteiger partial charge in [0.05, 0.1) is 19.6 Å². The monoisotopic (exact) mass is 447 g/mol. The van der Waals surface area contributed by atoms with Crippen LogP contribution in [0, 0.1) is 5.41 Å². The van der Waals surface area contributed by atoms with Crippen LogP contribution in [0.3, 0.4) is 0 Å². The van der Waals surface area contributed by atoms with Crippen LogP contribution in [-0.2, 0) is 33.5 Å². The second-order valence-electron chi connectivity index (χ2n) is 7.63. The van der Waals surface area contributed by atoms with Crippen molar-refractivity contribution in [1.82, 2.24) is 14.7 Å². The molecule has 0 radical (unpaired) electrons. The highest BCUT2D eigenvalue weighted by Gasteiger charge is 2.45. The Hall–Kier alpha value is -3.64. The van der Waals surface area contributed by atoms with E-state index in [1.165, 1.54) is 6.08 Å². The van der Waals surface area contributed by atoms with Gasteiger partial charge in [0.15, 0.2) is 0 Å². The molecule has 3 rings (SSSR count). The van der Waals surface area contributed by atoms with Gasteiger partial charge >= 0.3 is 5.97 Å². The van der Waals surface area contributed by atoms with Crippen molar-refractivity contribution in [1.29, 1.82) is 0 Å². The van der Waals surface area contributed by atoms with Crippen LogP contribution in [0.15, 0.2) is 36.5 Å². The van der Waals surface area contributed by atoms with E-state index in [-0.39, 0.29) is 39.3 Å². The highest BCUT2D eigenvalue weighted by atomic mass is 16.5. The lowest BCUT2D eigenvalue weighted by atomic mass is 9.86. The molecule has 0 bridgehead atoms. The van der Waals surface area contributed by atoms with Crippen LogP contribution in [0.1, 0.15) is 6.42 Å². The molecule has 0 aromatic rings. The third-order valence-corrected chi connectivity index (χ3v) is 5.18. The molecule has 170 valence electrons. The number of carbonyl (C=O) groups excluding carboxylic acids is 5. The van der Waals surface area contributed by atoms with Crippen molar-refractivity contribution in [2.24, 2.45) is 5.41 Å². The lowest BCUT2D eigenvalue weighted by Gasteiger charge is -2.41. The minimum absolute atomic E-state index is 0.230. The lowest BCUT2D eigenvalue weighted by Crippen LogP contribution is -2.57. The Labute approximate surface area is 182 Å². The van der Waals surface area contributed by atoms with Gasteiger partial charge < -0.3 is 19.8 Å². The first kappa shape index (κ1) is 23.0. The molecule has 3 aliphatic heterocycles. The van der Waals surface area contributed by atoms with Crippen LogP contribution < -0.4 is 0 Å². The first-order chi connectivity index (χ1) is 15.1. The summed E-state index contributed by atoms with van der Waals surface area (Å²) in [6.45, 7) is -1.53. The van der Waals surface area contributed by atoms with Crippen molar-refractivity contribution in [2.75, 3.05) is 32.8 Å². The maximum absolute atomic E-state index is 12.3. The van der Waals surface area contributed by atoms with E-state index in [0.717, 1.165) is 45.1 Å². The van der Waals surface area contributed by atoms with E-state index in [9.17, 15) is 33.9 Å². The molecule has 0 aromatic carbocycles. The summed E-state index contributed by atoms with van der Waals surface area (Å²) in [7, 11) is 0. The van der Waals surface area contributed by atoms with E-state index in [4.69, 9.17) is 9.84 Å². The number of ether oxygens (including phenoxy) is 1. The number of aliphatic hydroxyl groups is 1. The fourth-order valence-corrected chi connectivity index (χ4v) is 3.61. The molecule has 0 aromatic heterocycles. The Bertz CT molecular complexity index is 872. The number of hydrogen-bond acceptors (Lipinski definition) is 8. The summed E-state index contributed by atoms with van der Waals surface area (Å²) in [6.07, 6.45) is 4.98. The summed E-state index contributed by atoms with van der Waals surface area (Å²) >= 11 is 0. The van der Waals surface area contributed by atoms with Crippen LogP contribution >= 0.6 is 0 Å². The van der Waals surface area contributed by atoms with Gasteiger partial charge in [-0.05, 0) is 6.08 Å². The molecule has 0 saturated carbocycles. The van der Waals surface area contributed by atoms with Gasteiger partial charge in [-0.1, -0.05) is 0 Å². The highest BCUT2D eigenvalue weighted by Crippen LogP contribution is 2.29. The van der Waals surface area contributed by atoms with Gasteiger partial charge in [0.1, 0.15) is 6.23 Å². The van der Waals surface area contributed by atoms with Crippen LogP contribution in [0.2, 0.25) is 0 Å².